The molecule has 0 fully saturated rings. The van der Waals surface area contributed by atoms with Crippen LogP contribution in [0.3, 0.4) is 0 Å². The van der Waals surface area contributed by atoms with E-state index in [1.54, 1.807) is 30.3 Å². The summed E-state index contributed by atoms with van der Waals surface area (Å²) < 4.78 is 6.35. The second-order valence-electron chi connectivity index (χ2n) is 3.82. The normalized spacial score (nSPS) is 10.2. The molecule has 0 aliphatic rings. The van der Waals surface area contributed by atoms with E-state index in [1.165, 1.54) is 6.07 Å². The third kappa shape index (κ3) is 3.42. The first-order valence-corrected chi connectivity index (χ1v) is 6.59. The monoisotopic (exact) mass is 370 g/mol. The smallest absolute Gasteiger partial charge is 0.312 e. The maximum absolute atomic E-state index is 11.0. The second kappa shape index (κ2) is 5.98. The van der Waals surface area contributed by atoms with E-state index in [2.05, 4.69) is 0 Å². The quantitative estimate of drug-likeness (QED) is 0.508. The van der Waals surface area contributed by atoms with Crippen molar-refractivity contribution < 1.29 is 9.66 Å². The predicted molar refractivity (Wildman–Crippen MR) is 80.2 cm³/mol. The van der Waals surface area contributed by atoms with Crippen LogP contribution in [0.4, 0.5) is 5.69 Å². The number of nitrogens with zero attached hydrogens (tertiary/aromatic N) is 1. The first kappa shape index (κ1) is 13.8. The van der Waals surface area contributed by atoms with Crippen molar-refractivity contribution in [3.63, 3.8) is 0 Å². The van der Waals surface area contributed by atoms with Crippen LogP contribution >= 0.6 is 22.6 Å². The van der Waals surface area contributed by atoms with Gasteiger partial charge in [0, 0.05) is 16.2 Å². The van der Waals surface area contributed by atoms with E-state index in [1.807, 2.05) is 28.7 Å². The molecule has 0 heterocycles. The highest BCUT2D eigenvalue weighted by molar-refractivity contribution is 14.1. The Labute approximate surface area is 123 Å². The van der Waals surface area contributed by atoms with Crippen LogP contribution in [0.25, 0.3) is 0 Å². The van der Waals surface area contributed by atoms with Crippen molar-refractivity contribution in [2.24, 2.45) is 5.73 Å². The molecule has 0 bridgehead atoms. The minimum absolute atomic E-state index is 0.0509. The zero-order chi connectivity index (χ0) is 13.8. The lowest BCUT2D eigenvalue weighted by Gasteiger charge is -2.07. The summed E-state index contributed by atoms with van der Waals surface area (Å²) in [7, 11) is 0. The largest absolute Gasteiger partial charge is 0.450 e. The van der Waals surface area contributed by atoms with Crippen LogP contribution in [0, 0.1) is 13.7 Å². The molecule has 0 saturated carbocycles. The van der Waals surface area contributed by atoms with Crippen molar-refractivity contribution in [1.82, 2.24) is 0 Å². The fourth-order valence-electron chi connectivity index (χ4n) is 1.58. The van der Waals surface area contributed by atoms with Gasteiger partial charge < -0.3 is 10.5 Å². The Hall–Kier alpha value is -1.67. The van der Waals surface area contributed by atoms with Gasteiger partial charge >= 0.3 is 5.69 Å². The number of hydrogen-bond acceptors (Lipinski definition) is 4. The maximum atomic E-state index is 11.0. The highest BCUT2D eigenvalue weighted by Crippen LogP contribution is 2.32. The van der Waals surface area contributed by atoms with Crippen LogP contribution < -0.4 is 10.5 Å². The van der Waals surface area contributed by atoms with Crippen LogP contribution in [0.15, 0.2) is 42.5 Å². The molecule has 0 amide bonds. The molecule has 5 nitrogen and oxygen atoms in total. The molecule has 0 saturated heterocycles. The van der Waals surface area contributed by atoms with Gasteiger partial charge in [-0.15, -0.1) is 0 Å². The molecular weight excluding hydrogens is 359 g/mol. The van der Waals surface area contributed by atoms with Gasteiger partial charge in [-0.2, -0.15) is 0 Å². The molecule has 2 N–H and O–H groups in total. The summed E-state index contributed by atoms with van der Waals surface area (Å²) in [6.07, 6.45) is 0. The summed E-state index contributed by atoms with van der Waals surface area (Å²) in [5.41, 5.74) is 6.40. The number of nitro groups is 1. The number of rotatable bonds is 4. The first-order valence-electron chi connectivity index (χ1n) is 5.51. The van der Waals surface area contributed by atoms with E-state index in [0.29, 0.717) is 12.3 Å². The summed E-state index contributed by atoms with van der Waals surface area (Å²) in [4.78, 5) is 10.5. The fourth-order valence-corrected chi connectivity index (χ4v) is 2.06. The van der Waals surface area contributed by atoms with E-state index in [9.17, 15) is 10.1 Å². The van der Waals surface area contributed by atoms with Crippen LogP contribution in [0.2, 0.25) is 0 Å². The first-order chi connectivity index (χ1) is 9.10. The molecule has 0 aromatic heterocycles. The molecule has 2 aromatic carbocycles. The van der Waals surface area contributed by atoms with Gasteiger partial charge in [-0.05, 0) is 52.4 Å². The Kier molecular flexibility index (Phi) is 4.33. The van der Waals surface area contributed by atoms with Gasteiger partial charge in [0.2, 0.25) is 5.75 Å². The Morgan fingerprint density at radius 3 is 2.74 bits per heavy atom. The third-order valence-electron chi connectivity index (χ3n) is 2.48. The van der Waals surface area contributed by atoms with Crippen LogP contribution in [0.5, 0.6) is 11.5 Å². The minimum atomic E-state index is -0.454. The SMILES string of the molecule is NCc1cccc(Oc2ccc(I)cc2[N+](=O)[O-])c1. The van der Waals surface area contributed by atoms with Gasteiger partial charge in [0.05, 0.1) is 4.92 Å². The fraction of sp³-hybridized carbons (Fsp3) is 0.0769. The third-order valence-corrected chi connectivity index (χ3v) is 3.15. The lowest BCUT2D eigenvalue weighted by molar-refractivity contribution is -0.385. The molecular formula is C13H11IN2O3. The molecule has 0 aliphatic carbocycles. The maximum Gasteiger partial charge on any atom is 0.312 e. The number of halogens is 1. The average molecular weight is 370 g/mol. The number of benzene rings is 2. The lowest BCUT2D eigenvalue weighted by Crippen LogP contribution is -1.97. The number of hydrogen-bond donors (Lipinski definition) is 1. The molecule has 2 rings (SSSR count). The summed E-state index contributed by atoms with van der Waals surface area (Å²) >= 11 is 2.02. The van der Waals surface area contributed by atoms with Gasteiger partial charge in [0.15, 0.2) is 0 Å². The summed E-state index contributed by atoms with van der Waals surface area (Å²) in [5, 5.41) is 11.0. The van der Waals surface area contributed by atoms with E-state index < -0.39 is 4.92 Å². The standard InChI is InChI=1S/C13H11IN2O3/c14-10-4-5-13(12(7-10)16(17)18)19-11-3-1-2-9(6-11)8-15/h1-7H,8,15H2. The molecule has 0 unspecified atom stereocenters. The molecule has 19 heavy (non-hydrogen) atoms. The van der Waals surface area contributed by atoms with Crippen LogP contribution in [0.1, 0.15) is 5.56 Å². The van der Waals surface area contributed by atoms with Crippen molar-refractivity contribution >= 4 is 28.3 Å². The predicted octanol–water partition coefficient (Wildman–Crippen LogP) is 3.45. The van der Waals surface area contributed by atoms with Gasteiger partial charge in [-0.1, -0.05) is 12.1 Å². The van der Waals surface area contributed by atoms with Gasteiger partial charge in [-0.3, -0.25) is 10.1 Å². The summed E-state index contributed by atoms with van der Waals surface area (Å²) in [6, 6.07) is 12.0. The molecule has 0 atom stereocenters. The van der Waals surface area contributed by atoms with Gasteiger partial charge in [-0.25, -0.2) is 0 Å². The number of nitro benzene ring substituents is 1. The molecule has 0 aliphatic heterocycles. The average Bonchev–Trinajstić information content (AvgIpc) is 2.41. The Bertz CT molecular complexity index is 617. The van der Waals surface area contributed by atoms with Crippen molar-refractivity contribution in [3.8, 4) is 11.5 Å². The van der Waals surface area contributed by atoms with E-state index in [0.717, 1.165) is 9.13 Å². The van der Waals surface area contributed by atoms with E-state index in [4.69, 9.17) is 10.5 Å². The number of nitrogens with two attached hydrogens (primary N) is 1. The van der Waals surface area contributed by atoms with Crippen molar-refractivity contribution in [2.45, 2.75) is 6.54 Å². The molecule has 0 spiro atoms. The van der Waals surface area contributed by atoms with Crippen molar-refractivity contribution in [3.05, 3.63) is 61.7 Å². The number of ether oxygens (including phenoxy) is 1. The Balaban J connectivity index is 2.34. The van der Waals surface area contributed by atoms with E-state index >= 15 is 0 Å². The Morgan fingerprint density at radius 1 is 1.26 bits per heavy atom. The summed E-state index contributed by atoms with van der Waals surface area (Å²) in [6.45, 7) is 0.395. The Morgan fingerprint density at radius 2 is 2.05 bits per heavy atom. The lowest BCUT2D eigenvalue weighted by atomic mass is 10.2. The molecule has 98 valence electrons. The summed E-state index contributed by atoms with van der Waals surface area (Å²) in [5.74, 6) is 0.756. The molecule has 2 aromatic rings. The minimum Gasteiger partial charge on any atom is -0.450 e. The van der Waals surface area contributed by atoms with Crippen LogP contribution in [-0.4, -0.2) is 4.92 Å². The van der Waals surface area contributed by atoms with E-state index in [-0.39, 0.29) is 11.4 Å². The van der Waals surface area contributed by atoms with Crippen LogP contribution in [-0.2, 0) is 6.54 Å². The zero-order valence-electron chi connectivity index (χ0n) is 9.88. The molecule has 0 radical (unpaired) electrons. The molecule has 6 heteroatoms. The van der Waals surface area contributed by atoms with Gasteiger partial charge in [0.1, 0.15) is 5.75 Å². The highest BCUT2D eigenvalue weighted by atomic mass is 127. The second-order valence-corrected chi connectivity index (χ2v) is 5.07. The zero-order valence-corrected chi connectivity index (χ0v) is 12.0. The highest BCUT2D eigenvalue weighted by Gasteiger charge is 2.16. The van der Waals surface area contributed by atoms with Gasteiger partial charge in [0.25, 0.3) is 0 Å². The van der Waals surface area contributed by atoms with Crippen molar-refractivity contribution in [2.75, 3.05) is 0 Å². The topological polar surface area (TPSA) is 78.4 Å². The van der Waals surface area contributed by atoms with Crippen molar-refractivity contribution in [1.29, 1.82) is 0 Å².